The summed E-state index contributed by atoms with van der Waals surface area (Å²) < 4.78 is 0. The molecular formula is C10H18N2O2. The van der Waals surface area contributed by atoms with E-state index >= 15 is 0 Å². The number of aliphatic carboxylic acids is 1. The van der Waals surface area contributed by atoms with Crippen LogP contribution >= 0.6 is 0 Å². The summed E-state index contributed by atoms with van der Waals surface area (Å²) in [7, 11) is 0. The Kier molecular flexibility index (Phi) is 3.03. The summed E-state index contributed by atoms with van der Waals surface area (Å²) in [6.07, 6.45) is 2.49. The van der Waals surface area contributed by atoms with Gasteiger partial charge in [0.1, 0.15) is 0 Å². The molecule has 0 aromatic carbocycles. The van der Waals surface area contributed by atoms with Crippen molar-refractivity contribution in [2.45, 2.75) is 12.8 Å². The van der Waals surface area contributed by atoms with Crippen molar-refractivity contribution in [2.24, 2.45) is 11.8 Å². The Bertz CT molecular complexity index is 208. The Labute approximate surface area is 84.3 Å². The van der Waals surface area contributed by atoms with Crippen molar-refractivity contribution in [3.63, 3.8) is 0 Å². The predicted octanol–water partition coefficient (Wildman–Crippen LogP) is 0.00240. The lowest BCUT2D eigenvalue weighted by Crippen LogP contribution is -2.52. The monoisotopic (exact) mass is 198 g/mol. The molecule has 0 radical (unpaired) electrons. The van der Waals surface area contributed by atoms with Crippen molar-refractivity contribution >= 4 is 5.97 Å². The number of piperidine rings is 1. The van der Waals surface area contributed by atoms with E-state index in [1.165, 1.54) is 12.8 Å². The molecule has 0 spiro atoms. The molecule has 2 aliphatic heterocycles. The van der Waals surface area contributed by atoms with Gasteiger partial charge in [-0.1, -0.05) is 0 Å². The molecule has 0 amide bonds. The van der Waals surface area contributed by atoms with E-state index in [0.717, 1.165) is 38.6 Å². The van der Waals surface area contributed by atoms with Gasteiger partial charge in [0, 0.05) is 19.6 Å². The Morgan fingerprint density at radius 2 is 2.00 bits per heavy atom. The second kappa shape index (κ2) is 4.28. The number of hydrogen-bond acceptors (Lipinski definition) is 3. The van der Waals surface area contributed by atoms with Crippen molar-refractivity contribution < 1.29 is 9.90 Å². The lowest BCUT2D eigenvalue weighted by Gasteiger charge is -2.39. The Balaban J connectivity index is 1.65. The third-order valence-electron chi connectivity index (χ3n) is 3.28. The Hall–Kier alpha value is -0.610. The minimum Gasteiger partial charge on any atom is -0.481 e. The fraction of sp³-hybridized carbons (Fsp3) is 0.900. The molecule has 2 heterocycles. The number of likely N-dealkylation sites (tertiary alicyclic amines) is 1. The van der Waals surface area contributed by atoms with Crippen LogP contribution in [0.2, 0.25) is 0 Å². The molecule has 2 aliphatic rings. The number of hydrogen-bond donors (Lipinski definition) is 2. The number of rotatable bonds is 3. The van der Waals surface area contributed by atoms with Crippen LogP contribution in [0.25, 0.3) is 0 Å². The average Bonchev–Trinajstić information content (AvgIpc) is 2.12. The number of nitrogens with one attached hydrogen (secondary N) is 1. The molecule has 14 heavy (non-hydrogen) atoms. The number of nitrogens with zero attached hydrogens (tertiary/aromatic N) is 1. The van der Waals surface area contributed by atoms with Gasteiger partial charge in [0.2, 0.25) is 0 Å². The van der Waals surface area contributed by atoms with E-state index in [1.54, 1.807) is 0 Å². The van der Waals surface area contributed by atoms with Gasteiger partial charge in [-0.05, 0) is 31.8 Å². The highest BCUT2D eigenvalue weighted by atomic mass is 16.4. The Morgan fingerprint density at radius 1 is 1.36 bits per heavy atom. The highest BCUT2D eigenvalue weighted by Crippen LogP contribution is 2.20. The summed E-state index contributed by atoms with van der Waals surface area (Å²) in [6.45, 7) is 4.88. The van der Waals surface area contributed by atoms with Crippen LogP contribution in [-0.2, 0) is 4.79 Å². The summed E-state index contributed by atoms with van der Waals surface area (Å²) in [6, 6.07) is 0. The van der Waals surface area contributed by atoms with Crippen LogP contribution in [0, 0.1) is 11.8 Å². The van der Waals surface area contributed by atoms with E-state index in [4.69, 9.17) is 5.11 Å². The van der Waals surface area contributed by atoms with Crippen molar-refractivity contribution in [3.05, 3.63) is 0 Å². The molecule has 0 saturated carbocycles. The molecule has 0 aromatic heterocycles. The van der Waals surface area contributed by atoms with Crippen LogP contribution in [0.4, 0.5) is 0 Å². The SMILES string of the molecule is O=C(O)C1CN(CC2CCNCC2)C1. The van der Waals surface area contributed by atoms with Gasteiger partial charge in [-0.25, -0.2) is 0 Å². The van der Waals surface area contributed by atoms with Gasteiger partial charge < -0.3 is 15.3 Å². The third-order valence-corrected chi connectivity index (χ3v) is 3.28. The lowest BCUT2D eigenvalue weighted by atomic mass is 9.93. The van der Waals surface area contributed by atoms with Crippen LogP contribution < -0.4 is 5.32 Å². The molecule has 0 aliphatic carbocycles. The minimum atomic E-state index is -0.633. The minimum absolute atomic E-state index is 0.100. The van der Waals surface area contributed by atoms with Gasteiger partial charge in [-0.3, -0.25) is 4.79 Å². The normalized spacial score (nSPS) is 26.0. The van der Waals surface area contributed by atoms with E-state index < -0.39 is 5.97 Å². The van der Waals surface area contributed by atoms with Crippen molar-refractivity contribution in [2.75, 3.05) is 32.7 Å². The molecule has 0 aromatic rings. The smallest absolute Gasteiger partial charge is 0.309 e. The molecule has 2 N–H and O–H groups in total. The van der Waals surface area contributed by atoms with Crippen LogP contribution in [0.15, 0.2) is 0 Å². The summed E-state index contributed by atoms with van der Waals surface area (Å²) in [5.41, 5.74) is 0. The standard InChI is InChI=1S/C10H18N2O2/c13-10(14)9-6-12(7-9)5-8-1-3-11-4-2-8/h8-9,11H,1-7H2,(H,13,14). The van der Waals surface area contributed by atoms with E-state index in [2.05, 4.69) is 10.2 Å². The van der Waals surface area contributed by atoms with Crippen LogP contribution in [0.5, 0.6) is 0 Å². The van der Waals surface area contributed by atoms with E-state index in [1.807, 2.05) is 0 Å². The molecule has 4 heteroatoms. The summed E-state index contributed by atoms with van der Waals surface area (Å²) in [5.74, 6) is 0.0503. The molecule has 2 saturated heterocycles. The van der Waals surface area contributed by atoms with Crippen LogP contribution in [0.3, 0.4) is 0 Å². The van der Waals surface area contributed by atoms with Gasteiger partial charge in [0.05, 0.1) is 5.92 Å². The maximum absolute atomic E-state index is 10.6. The van der Waals surface area contributed by atoms with Gasteiger partial charge >= 0.3 is 5.97 Å². The van der Waals surface area contributed by atoms with Crippen molar-refractivity contribution in [1.82, 2.24) is 10.2 Å². The maximum Gasteiger partial charge on any atom is 0.309 e. The third kappa shape index (κ3) is 2.25. The molecule has 0 atom stereocenters. The molecule has 4 nitrogen and oxygen atoms in total. The van der Waals surface area contributed by atoms with Gasteiger partial charge in [0.15, 0.2) is 0 Å². The zero-order chi connectivity index (χ0) is 9.97. The first-order valence-corrected chi connectivity index (χ1v) is 5.41. The average molecular weight is 198 g/mol. The van der Waals surface area contributed by atoms with E-state index in [0.29, 0.717) is 0 Å². The number of carbonyl (C=O) groups is 1. The fourth-order valence-corrected chi connectivity index (χ4v) is 2.30. The summed E-state index contributed by atoms with van der Waals surface area (Å²) in [5, 5.41) is 12.1. The zero-order valence-electron chi connectivity index (χ0n) is 8.41. The molecular weight excluding hydrogens is 180 g/mol. The molecule has 2 fully saturated rings. The number of carboxylic acid groups (broad SMARTS) is 1. The highest BCUT2D eigenvalue weighted by molar-refractivity contribution is 5.71. The van der Waals surface area contributed by atoms with Crippen molar-refractivity contribution in [1.29, 1.82) is 0 Å². The van der Waals surface area contributed by atoms with E-state index in [-0.39, 0.29) is 5.92 Å². The van der Waals surface area contributed by atoms with E-state index in [9.17, 15) is 4.79 Å². The zero-order valence-corrected chi connectivity index (χ0v) is 8.41. The summed E-state index contributed by atoms with van der Waals surface area (Å²) in [4.78, 5) is 12.9. The topological polar surface area (TPSA) is 52.6 Å². The van der Waals surface area contributed by atoms with Crippen molar-refractivity contribution in [3.8, 4) is 0 Å². The summed E-state index contributed by atoms with van der Waals surface area (Å²) >= 11 is 0. The molecule has 0 bridgehead atoms. The van der Waals surface area contributed by atoms with Gasteiger partial charge in [0.25, 0.3) is 0 Å². The fourth-order valence-electron chi connectivity index (χ4n) is 2.30. The first-order valence-electron chi connectivity index (χ1n) is 5.41. The van der Waals surface area contributed by atoms with Crippen LogP contribution in [0.1, 0.15) is 12.8 Å². The first-order chi connectivity index (χ1) is 6.75. The predicted molar refractivity (Wildman–Crippen MR) is 53.2 cm³/mol. The highest BCUT2D eigenvalue weighted by Gasteiger charge is 2.33. The largest absolute Gasteiger partial charge is 0.481 e. The lowest BCUT2D eigenvalue weighted by molar-refractivity contribution is -0.147. The second-order valence-corrected chi connectivity index (χ2v) is 4.45. The molecule has 2 rings (SSSR count). The van der Waals surface area contributed by atoms with Crippen LogP contribution in [-0.4, -0.2) is 48.7 Å². The molecule has 0 unspecified atom stereocenters. The number of carboxylic acids is 1. The van der Waals surface area contributed by atoms with Gasteiger partial charge in [-0.15, -0.1) is 0 Å². The molecule has 80 valence electrons. The maximum atomic E-state index is 10.6. The first kappa shape index (κ1) is 9.93. The van der Waals surface area contributed by atoms with Gasteiger partial charge in [-0.2, -0.15) is 0 Å². The Morgan fingerprint density at radius 3 is 2.57 bits per heavy atom. The quantitative estimate of drug-likeness (QED) is 0.670. The second-order valence-electron chi connectivity index (χ2n) is 4.45.